The zero-order valence-electron chi connectivity index (χ0n) is 9.67. The summed E-state index contributed by atoms with van der Waals surface area (Å²) in [6, 6.07) is 9.78. The average molecular weight is 236 g/mol. The Morgan fingerprint density at radius 1 is 1.11 bits per heavy atom. The molecule has 3 rings (SSSR count). The number of aromatic amines is 1. The lowest BCUT2D eigenvalue weighted by Crippen LogP contribution is -1.89. The standard InChI is InChI=1S/C14H12N4/c15-12-7-8-16-9-10(12)5-6-14-11-3-1-2-4-13(11)17-18-14/h1-9H,(H2,15,16)(H,17,18)/b6-5+. The number of benzene rings is 1. The molecule has 2 aromatic heterocycles. The minimum atomic E-state index is 0.709. The number of nitrogens with zero attached hydrogens (tertiary/aromatic N) is 2. The Balaban J connectivity index is 2.00. The van der Waals surface area contributed by atoms with Crippen LogP contribution in [0.1, 0.15) is 11.3 Å². The van der Waals surface area contributed by atoms with Crippen molar-refractivity contribution in [1.29, 1.82) is 0 Å². The molecule has 2 heterocycles. The van der Waals surface area contributed by atoms with E-state index in [0.717, 1.165) is 22.2 Å². The van der Waals surface area contributed by atoms with Crippen LogP contribution in [0.2, 0.25) is 0 Å². The van der Waals surface area contributed by atoms with Gasteiger partial charge in [-0.25, -0.2) is 0 Å². The Morgan fingerprint density at radius 2 is 2.00 bits per heavy atom. The van der Waals surface area contributed by atoms with E-state index >= 15 is 0 Å². The third kappa shape index (κ3) is 1.84. The Bertz CT molecular complexity index is 712. The highest BCUT2D eigenvalue weighted by Gasteiger charge is 2.01. The first-order valence-corrected chi connectivity index (χ1v) is 5.65. The number of rotatable bonds is 2. The number of hydrogen-bond donors (Lipinski definition) is 2. The summed E-state index contributed by atoms with van der Waals surface area (Å²) in [6.45, 7) is 0. The van der Waals surface area contributed by atoms with Crippen LogP contribution < -0.4 is 5.73 Å². The van der Waals surface area contributed by atoms with Crippen LogP contribution >= 0.6 is 0 Å². The molecule has 0 aliphatic carbocycles. The molecule has 4 heteroatoms. The summed E-state index contributed by atoms with van der Waals surface area (Å²) in [5.41, 5.74) is 9.38. The Hall–Kier alpha value is -2.62. The summed E-state index contributed by atoms with van der Waals surface area (Å²) in [5, 5.41) is 8.35. The van der Waals surface area contributed by atoms with Crippen LogP contribution in [-0.2, 0) is 0 Å². The van der Waals surface area contributed by atoms with Crippen LogP contribution in [-0.4, -0.2) is 15.2 Å². The van der Waals surface area contributed by atoms with E-state index < -0.39 is 0 Å². The summed E-state index contributed by atoms with van der Waals surface area (Å²) in [6.07, 6.45) is 7.27. The number of fused-ring (bicyclic) bond motifs is 1. The summed E-state index contributed by atoms with van der Waals surface area (Å²) in [4.78, 5) is 4.05. The van der Waals surface area contributed by atoms with E-state index in [-0.39, 0.29) is 0 Å². The first-order chi connectivity index (χ1) is 8.84. The van der Waals surface area contributed by atoms with Gasteiger partial charge in [0.15, 0.2) is 0 Å². The molecule has 0 unspecified atom stereocenters. The molecule has 3 aromatic rings. The number of pyridine rings is 1. The smallest absolute Gasteiger partial charge is 0.0927 e. The molecule has 0 bridgehead atoms. The molecule has 0 fully saturated rings. The molecular formula is C14H12N4. The van der Waals surface area contributed by atoms with Crippen molar-refractivity contribution in [2.24, 2.45) is 0 Å². The molecular weight excluding hydrogens is 224 g/mol. The highest BCUT2D eigenvalue weighted by Crippen LogP contribution is 2.18. The molecule has 0 saturated carbocycles. The summed E-state index contributed by atoms with van der Waals surface area (Å²) in [7, 11) is 0. The van der Waals surface area contributed by atoms with Crippen LogP contribution in [0.25, 0.3) is 23.1 Å². The fraction of sp³-hybridized carbons (Fsp3) is 0. The van der Waals surface area contributed by atoms with Crippen molar-refractivity contribution in [3.05, 3.63) is 54.0 Å². The molecule has 3 N–H and O–H groups in total. The second kappa shape index (κ2) is 4.33. The van der Waals surface area contributed by atoms with Crippen LogP contribution in [0.5, 0.6) is 0 Å². The molecule has 0 aliphatic rings. The van der Waals surface area contributed by atoms with Gasteiger partial charge in [0.25, 0.3) is 0 Å². The van der Waals surface area contributed by atoms with Gasteiger partial charge in [-0.15, -0.1) is 0 Å². The molecule has 0 saturated heterocycles. The SMILES string of the molecule is Nc1ccncc1/C=C/c1n[nH]c2ccccc12. The number of nitrogens with two attached hydrogens (primary N) is 1. The molecule has 88 valence electrons. The van der Waals surface area contributed by atoms with Crippen molar-refractivity contribution in [1.82, 2.24) is 15.2 Å². The van der Waals surface area contributed by atoms with Crippen molar-refractivity contribution < 1.29 is 0 Å². The van der Waals surface area contributed by atoms with Gasteiger partial charge in [-0.1, -0.05) is 18.2 Å². The molecule has 18 heavy (non-hydrogen) atoms. The molecule has 4 nitrogen and oxygen atoms in total. The lowest BCUT2D eigenvalue weighted by molar-refractivity contribution is 1.11. The van der Waals surface area contributed by atoms with Gasteiger partial charge in [0.05, 0.1) is 11.2 Å². The maximum atomic E-state index is 5.85. The zero-order chi connectivity index (χ0) is 12.4. The monoisotopic (exact) mass is 236 g/mol. The summed E-state index contributed by atoms with van der Waals surface area (Å²) < 4.78 is 0. The maximum Gasteiger partial charge on any atom is 0.0927 e. The fourth-order valence-electron chi connectivity index (χ4n) is 1.84. The minimum Gasteiger partial charge on any atom is -0.398 e. The van der Waals surface area contributed by atoms with E-state index in [1.54, 1.807) is 18.5 Å². The molecule has 0 aliphatic heterocycles. The quantitative estimate of drug-likeness (QED) is 0.718. The zero-order valence-corrected chi connectivity index (χ0v) is 9.67. The highest BCUT2D eigenvalue weighted by molar-refractivity contribution is 5.89. The van der Waals surface area contributed by atoms with Gasteiger partial charge >= 0.3 is 0 Å². The number of aromatic nitrogens is 3. The van der Waals surface area contributed by atoms with E-state index in [1.165, 1.54) is 0 Å². The maximum absolute atomic E-state index is 5.85. The topological polar surface area (TPSA) is 67.6 Å². The Labute approximate surface area is 104 Å². The van der Waals surface area contributed by atoms with Crippen molar-refractivity contribution in [3.8, 4) is 0 Å². The third-order valence-corrected chi connectivity index (χ3v) is 2.81. The summed E-state index contributed by atoms with van der Waals surface area (Å²) >= 11 is 0. The lowest BCUT2D eigenvalue weighted by atomic mass is 10.1. The van der Waals surface area contributed by atoms with Gasteiger partial charge in [-0.05, 0) is 24.3 Å². The Morgan fingerprint density at radius 3 is 2.89 bits per heavy atom. The van der Waals surface area contributed by atoms with Crippen molar-refractivity contribution >= 4 is 28.7 Å². The molecule has 0 radical (unpaired) electrons. The van der Waals surface area contributed by atoms with Crippen LogP contribution in [0.4, 0.5) is 5.69 Å². The number of nitrogen functional groups attached to an aromatic ring is 1. The van der Waals surface area contributed by atoms with Crippen molar-refractivity contribution in [2.75, 3.05) is 5.73 Å². The van der Waals surface area contributed by atoms with Crippen LogP contribution in [0, 0.1) is 0 Å². The number of hydrogen-bond acceptors (Lipinski definition) is 3. The first kappa shape index (κ1) is 10.5. The largest absolute Gasteiger partial charge is 0.398 e. The van der Waals surface area contributed by atoms with Crippen molar-refractivity contribution in [2.45, 2.75) is 0 Å². The van der Waals surface area contributed by atoms with Crippen molar-refractivity contribution in [3.63, 3.8) is 0 Å². The molecule has 0 atom stereocenters. The highest BCUT2D eigenvalue weighted by atomic mass is 15.1. The summed E-state index contributed by atoms with van der Waals surface area (Å²) in [5.74, 6) is 0. The van der Waals surface area contributed by atoms with E-state index in [1.807, 2.05) is 36.4 Å². The average Bonchev–Trinajstić information content (AvgIpc) is 2.81. The van der Waals surface area contributed by atoms with E-state index in [0.29, 0.717) is 5.69 Å². The van der Waals surface area contributed by atoms with E-state index in [9.17, 15) is 0 Å². The number of anilines is 1. The predicted octanol–water partition coefficient (Wildman–Crippen LogP) is 2.71. The fourth-order valence-corrected chi connectivity index (χ4v) is 1.84. The van der Waals surface area contributed by atoms with Gasteiger partial charge in [-0.3, -0.25) is 10.1 Å². The van der Waals surface area contributed by atoms with Gasteiger partial charge < -0.3 is 5.73 Å². The third-order valence-electron chi connectivity index (χ3n) is 2.81. The van der Waals surface area contributed by atoms with Gasteiger partial charge in [-0.2, -0.15) is 5.10 Å². The molecule has 0 amide bonds. The second-order valence-corrected chi connectivity index (χ2v) is 3.99. The lowest BCUT2D eigenvalue weighted by Gasteiger charge is -1.97. The molecule has 1 aromatic carbocycles. The number of nitrogens with one attached hydrogen (secondary N) is 1. The van der Waals surface area contributed by atoms with Gasteiger partial charge in [0.2, 0.25) is 0 Å². The minimum absolute atomic E-state index is 0.709. The Kier molecular flexibility index (Phi) is 2.53. The number of H-pyrrole nitrogens is 1. The predicted molar refractivity (Wildman–Crippen MR) is 73.7 cm³/mol. The van der Waals surface area contributed by atoms with Gasteiger partial charge in [0, 0.05) is 29.0 Å². The number of para-hydroxylation sites is 1. The normalized spacial score (nSPS) is 11.3. The second-order valence-electron chi connectivity index (χ2n) is 3.99. The van der Waals surface area contributed by atoms with Crippen LogP contribution in [0.15, 0.2) is 42.7 Å². The van der Waals surface area contributed by atoms with Gasteiger partial charge in [0.1, 0.15) is 0 Å². The first-order valence-electron chi connectivity index (χ1n) is 5.65. The molecule has 0 spiro atoms. The van der Waals surface area contributed by atoms with E-state index in [2.05, 4.69) is 15.2 Å². The van der Waals surface area contributed by atoms with Crippen LogP contribution in [0.3, 0.4) is 0 Å². The van der Waals surface area contributed by atoms with E-state index in [4.69, 9.17) is 5.73 Å².